The Morgan fingerprint density at radius 3 is 3.05 bits per heavy atom. The van der Waals surface area contributed by atoms with Crippen LogP contribution in [0.5, 0.6) is 5.75 Å². The van der Waals surface area contributed by atoms with Crippen molar-refractivity contribution in [3.05, 3.63) is 47.2 Å². The zero-order chi connectivity index (χ0) is 14.1. The molecule has 0 atom stereocenters. The highest BCUT2D eigenvalue weighted by molar-refractivity contribution is 7.15. The average Bonchev–Trinajstić information content (AvgIpc) is 2.96. The fraction of sp³-hybridized carbons (Fsp3) is 0.0769. The van der Waals surface area contributed by atoms with Crippen LogP contribution in [-0.2, 0) is 6.61 Å². The van der Waals surface area contributed by atoms with Gasteiger partial charge >= 0.3 is 5.97 Å². The van der Waals surface area contributed by atoms with Gasteiger partial charge in [0.1, 0.15) is 12.4 Å². The first-order chi connectivity index (χ1) is 9.63. The summed E-state index contributed by atoms with van der Waals surface area (Å²) in [7, 11) is 0. The van der Waals surface area contributed by atoms with Crippen molar-refractivity contribution in [1.82, 2.24) is 9.38 Å². The molecule has 0 aliphatic heterocycles. The molecule has 0 saturated heterocycles. The number of ether oxygens (including phenoxy) is 1. The van der Waals surface area contributed by atoms with E-state index in [1.807, 2.05) is 22.2 Å². The van der Waals surface area contributed by atoms with E-state index in [9.17, 15) is 4.79 Å². The van der Waals surface area contributed by atoms with E-state index in [0.29, 0.717) is 12.4 Å². The van der Waals surface area contributed by atoms with Crippen molar-refractivity contribution in [3.8, 4) is 5.75 Å². The number of anilines is 1. The van der Waals surface area contributed by atoms with Crippen LogP contribution in [0.1, 0.15) is 16.1 Å². The van der Waals surface area contributed by atoms with E-state index in [1.54, 1.807) is 17.4 Å². The second-order valence-corrected chi connectivity index (χ2v) is 5.04. The number of carboxylic acids is 1. The number of benzene rings is 1. The summed E-state index contributed by atoms with van der Waals surface area (Å²) in [6.45, 7) is 0.306. The van der Waals surface area contributed by atoms with Crippen molar-refractivity contribution in [1.29, 1.82) is 0 Å². The minimum atomic E-state index is -1.05. The lowest BCUT2D eigenvalue weighted by Gasteiger charge is -2.06. The first-order valence-electron chi connectivity index (χ1n) is 5.80. The van der Waals surface area contributed by atoms with E-state index in [1.165, 1.54) is 12.1 Å². The van der Waals surface area contributed by atoms with Gasteiger partial charge in [-0.3, -0.25) is 4.40 Å². The second kappa shape index (κ2) is 4.86. The normalized spacial score (nSPS) is 10.8. The highest BCUT2D eigenvalue weighted by atomic mass is 32.1. The molecule has 0 radical (unpaired) electrons. The van der Waals surface area contributed by atoms with Gasteiger partial charge in [-0.2, -0.15) is 0 Å². The molecule has 3 rings (SSSR count). The zero-order valence-electron chi connectivity index (χ0n) is 10.3. The molecule has 3 N–H and O–H groups in total. The molecule has 0 amide bonds. The topological polar surface area (TPSA) is 89.9 Å². The van der Waals surface area contributed by atoms with Crippen LogP contribution in [-0.4, -0.2) is 20.5 Å². The van der Waals surface area contributed by atoms with Gasteiger partial charge in [-0.15, -0.1) is 11.3 Å². The van der Waals surface area contributed by atoms with Crippen molar-refractivity contribution in [2.45, 2.75) is 6.61 Å². The van der Waals surface area contributed by atoms with Crippen molar-refractivity contribution in [2.75, 3.05) is 5.73 Å². The van der Waals surface area contributed by atoms with Gasteiger partial charge in [0.05, 0.1) is 11.3 Å². The van der Waals surface area contributed by atoms with Crippen LogP contribution >= 0.6 is 11.3 Å². The van der Waals surface area contributed by atoms with Crippen LogP contribution in [0.3, 0.4) is 0 Å². The number of nitrogen functional groups attached to an aromatic ring is 1. The van der Waals surface area contributed by atoms with Gasteiger partial charge in [-0.25, -0.2) is 9.78 Å². The summed E-state index contributed by atoms with van der Waals surface area (Å²) in [5, 5.41) is 10.8. The van der Waals surface area contributed by atoms with E-state index < -0.39 is 5.97 Å². The van der Waals surface area contributed by atoms with Crippen LogP contribution in [0.15, 0.2) is 36.0 Å². The summed E-state index contributed by atoms with van der Waals surface area (Å²) in [6, 6.07) is 4.51. The van der Waals surface area contributed by atoms with Gasteiger partial charge in [0.2, 0.25) is 0 Å². The van der Waals surface area contributed by atoms with Crippen LogP contribution in [0, 0.1) is 0 Å². The summed E-state index contributed by atoms with van der Waals surface area (Å²) in [6.07, 6.45) is 3.82. The third kappa shape index (κ3) is 2.30. The SMILES string of the molecule is Nc1cc(OCc2cn3ccsc3n2)ccc1C(=O)O. The molecule has 0 aliphatic rings. The number of imidazole rings is 1. The van der Waals surface area contributed by atoms with Crippen molar-refractivity contribution in [3.63, 3.8) is 0 Å². The molecular formula is C13H11N3O3S. The van der Waals surface area contributed by atoms with Crippen molar-refractivity contribution >= 4 is 28.0 Å². The molecule has 6 nitrogen and oxygen atoms in total. The molecule has 0 fully saturated rings. The maximum Gasteiger partial charge on any atom is 0.337 e. The third-order valence-electron chi connectivity index (χ3n) is 2.78. The van der Waals surface area contributed by atoms with Crippen molar-refractivity contribution < 1.29 is 14.6 Å². The van der Waals surface area contributed by atoms with Gasteiger partial charge in [0.25, 0.3) is 0 Å². The Morgan fingerprint density at radius 2 is 2.35 bits per heavy atom. The highest BCUT2D eigenvalue weighted by Crippen LogP contribution is 2.21. The summed E-state index contributed by atoms with van der Waals surface area (Å²) in [5.74, 6) is -0.535. The molecule has 7 heteroatoms. The molecule has 0 aliphatic carbocycles. The largest absolute Gasteiger partial charge is 0.487 e. The van der Waals surface area contributed by atoms with Crippen LogP contribution in [0.25, 0.3) is 4.96 Å². The molecule has 0 unspecified atom stereocenters. The highest BCUT2D eigenvalue weighted by Gasteiger charge is 2.09. The van der Waals surface area contributed by atoms with Gasteiger partial charge in [-0.05, 0) is 12.1 Å². The quantitative estimate of drug-likeness (QED) is 0.719. The van der Waals surface area contributed by atoms with E-state index in [-0.39, 0.29) is 11.3 Å². The molecule has 1 aromatic carbocycles. The maximum absolute atomic E-state index is 10.8. The Balaban J connectivity index is 1.73. The summed E-state index contributed by atoms with van der Waals surface area (Å²) >= 11 is 1.55. The summed E-state index contributed by atoms with van der Waals surface area (Å²) < 4.78 is 7.48. The fourth-order valence-corrected chi connectivity index (χ4v) is 2.55. The monoisotopic (exact) mass is 289 g/mol. The molecule has 3 aromatic rings. The van der Waals surface area contributed by atoms with Crippen LogP contribution < -0.4 is 10.5 Å². The number of nitrogens with zero attached hydrogens (tertiary/aromatic N) is 2. The number of aromatic carboxylic acids is 1. The second-order valence-electron chi connectivity index (χ2n) is 4.17. The van der Waals surface area contributed by atoms with Gasteiger partial charge in [0, 0.05) is 29.5 Å². The number of fused-ring (bicyclic) bond motifs is 1. The van der Waals surface area contributed by atoms with Gasteiger partial charge < -0.3 is 15.6 Å². The molecular weight excluding hydrogens is 278 g/mol. The molecule has 0 saturated carbocycles. The third-order valence-corrected chi connectivity index (χ3v) is 3.55. The van der Waals surface area contributed by atoms with E-state index in [2.05, 4.69) is 4.98 Å². The number of hydrogen-bond donors (Lipinski definition) is 2. The lowest BCUT2D eigenvalue weighted by atomic mass is 10.2. The Hall–Kier alpha value is -2.54. The molecule has 2 aromatic heterocycles. The predicted molar refractivity (Wildman–Crippen MR) is 75.2 cm³/mol. The molecule has 2 heterocycles. The van der Waals surface area contributed by atoms with Gasteiger partial charge in [-0.1, -0.05) is 0 Å². The number of thiazole rings is 1. The van der Waals surface area contributed by atoms with Crippen molar-refractivity contribution in [2.24, 2.45) is 0 Å². The van der Waals surface area contributed by atoms with E-state index in [4.69, 9.17) is 15.6 Å². The lowest BCUT2D eigenvalue weighted by molar-refractivity contribution is 0.0698. The van der Waals surface area contributed by atoms with E-state index in [0.717, 1.165) is 10.7 Å². The number of carbonyl (C=O) groups is 1. The molecule has 0 spiro atoms. The Kier molecular flexibility index (Phi) is 3.03. The minimum Gasteiger partial charge on any atom is -0.487 e. The zero-order valence-corrected chi connectivity index (χ0v) is 11.1. The number of nitrogens with two attached hydrogens (primary N) is 1. The standard InChI is InChI=1S/C13H11N3O3S/c14-11-5-9(1-2-10(11)12(17)18)19-7-8-6-16-3-4-20-13(16)15-8/h1-6H,7,14H2,(H,17,18). The predicted octanol–water partition coefficient (Wildman–Crippen LogP) is 2.26. The Bertz CT molecular complexity index is 750. The Labute approximate surface area is 118 Å². The van der Waals surface area contributed by atoms with Crippen LogP contribution in [0.4, 0.5) is 5.69 Å². The van der Waals surface area contributed by atoms with E-state index >= 15 is 0 Å². The molecule has 102 valence electrons. The number of rotatable bonds is 4. The smallest absolute Gasteiger partial charge is 0.337 e. The summed E-state index contributed by atoms with van der Waals surface area (Å²) in [5.41, 5.74) is 6.71. The fourth-order valence-electron chi connectivity index (χ4n) is 1.83. The number of aromatic nitrogens is 2. The number of carboxylic acid groups (broad SMARTS) is 1. The molecule has 20 heavy (non-hydrogen) atoms. The number of hydrogen-bond acceptors (Lipinski definition) is 5. The first kappa shape index (κ1) is 12.5. The maximum atomic E-state index is 10.8. The average molecular weight is 289 g/mol. The molecule has 0 bridgehead atoms. The first-order valence-corrected chi connectivity index (χ1v) is 6.68. The van der Waals surface area contributed by atoms with Crippen LogP contribution in [0.2, 0.25) is 0 Å². The van der Waals surface area contributed by atoms with Gasteiger partial charge in [0.15, 0.2) is 4.96 Å². The Morgan fingerprint density at radius 1 is 1.50 bits per heavy atom. The minimum absolute atomic E-state index is 0.0693. The lowest BCUT2D eigenvalue weighted by Crippen LogP contribution is -2.03. The summed E-state index contributed by atoms with van der Waals surface area (Å²) in [4.78, 5) is 16.1.